The second kappa shape index (κ2) is 6.48. The molecule has 1 aliphatic carbocycles. The van der Waals surface area contributed by atoms with E-state index in [0.29, 0.717) is 29.5 Å². The van der Waals surface area contributed by atoms with Crippen molar-refractivity contribution in [3.8, 4) is 11.8 Å². The molecule has 10 heteroatoms. The first-order valence-corrected chi connectivity index (χ1v) is 10.2. The summed E-state index contributed by atoms with van der Waals surface area (Å²) in [5, 5.41) is 4.55. The van der Waals surface area contributed by atoms with Crippen molar-refractivity contribution in [2.75, 3.05) is 36.9 Å². The summed E-state index contributed by atoms with van der Waals surface area (Å²) in [4.78, 5) is 22.8. The molecule has 9 nitrogen and oxygen atoms in total. The average Bonchev–Trinajstić information content (AvgIpc) is 3.14. The third-order valence-electron chi connectivity index (χ3n) is 6.51. The van der Waals surface area contributed by atoms with E-state index in [9.17, 15) is 4.39 Å². The Bertz CT molecular complexity index is 1310. The summed E-state index contributed by atoms with van der Waals surface area (Å²) in [6.45, 7) is 2.33. The van der Waals surface area contributed by atoms with Gasteiger partial charge in [-0.05, 0) is 31.0 Å². The molecule has 1 saturated carbocycles. The summed E-state index contributed by atoms with van der Waals surface area (Å²) in [7, 11) is 1.76. The maximum absolute atomic E-state index is 14.4. The van der Waals surface area contributed by atoms with Gasteiger partial charge in [0.15, 0.2) is 5.75 Å². The molecule has 0 radical (unpaired) electrons. The fourth-order valence-corrected chi connectivity index (χ4v) is 4.81. The van der Waals surface area contributed by atoms with Gasteiger partial charge in [0.25, 0.3) is 0 Å². The third kappa shape index (κ3) is 2.78. The lowest BCUT2D eigenvalue weighted by atomic mass is 10.1. The van der Waals surface area contributed by atoms with Crippen molar-refractivity contribution in [1.82, 2.24) is 24.9 Å². The van der Waals surface area contributed by atoms with Crippen LogP contribution in [0.4, 0.5) is 15.9 Å². The number of aromatic amines is 1. The molecule has 1 saturated heterocycles. The van der Waals surface area contributed by atoms with Gasteiger partial charge in [0.2, 0.25) is 0 Å². The van der Waals surface area contributed by atoms with E-state index in [1.807, 2.05) is 0 Å². The van der Waals surface area contributed by atoms with Gasteiger partial charge >= 0.3 is 6.01 Å². The molecule has 2 unspecified atom stereocenters. The fraction of sp³-hybridized carbons (Fsp3) is 0.333. The van der Waals surface area contributed by atoms with Crippen molar-refractivity contribution in [3.05, 3.63) is 36.7 Å². The highest BCUT2D eigenvalue weighted by molar-refractivity contribution is 6.14. The Hall–Kier alpha value is -3.53. The number of hydrogen-bond donors (Lipinski definition) is 3. The number of fused-ring (bicyclic) bond motifs is 4. The van der Waals surface area contributed by atoms with Gasteiger partial charge in [-0.3, -0.25) is 0 Å². The minimum atomic E-state index is -0.326. The van der Waals surface area contributed by atoms with Gasteiger partial charge in [0.05, 0.1) is 29.0 Å². The van der Waals surface area contributed by atoms with Crippen LogP contribution in [0.3, 0.4) is 0 Å². The van der Waals surface area contributed by atoms with Crippen LogP contribution in [0, 0.1) is 17.2 Å². The quantitative estimate of drug-likeness (QED) is 0.451. The van der Waals surface area contributed by atoms with Crippen LogP contribution in [-0.4, -0.2) is 51.6 Å². The molecule has 0 amide bonds. The predicted octanol–water partition coefficient (Wildman–Crippen LogP) is 2.66. The van der Waals surface area contributed by atoms with Crippen LogP contribution in [0.5, 0.6) is 11.8 Å². The molecule has 0 spiro atoms. The molecule has 0 bridgehead atoms. The Balaban J connectivity index is 1.55. The van der Waals surface area contributed by atoms with Crippen LogP contribution in [0.15, 0.2) is 30.9 Å². The lowest BCUT2D eigenvalue weighted by Gasteiger charge is -2.22. The van der Waals surface area contributed by atoms with Gasteiger partial charge in [0, 0.05) is 30.9 Å². The van der Waals surface area contributed by atoms with E-state index in [0.717, 1.165) is 41.6 Å². The van der Waals surface area contributed by atoms with Gasteiger partial charge in [-0.1, -0.05) is 0 Å². The molecule has 4 N–H and O–H groups in total. The van der Waals surface area contributed by atoms with E-state index >= 15 is 0 Å². The zero-order valence-electron chi connectivity index (χ0n) is 16.9. The maximum Gasteiger partial charge on any atom is 0.326 e. The monoisotopic (exact) mass is 420 g/mol. The van der Waals surface area contributed by atoms with Crippen molar-refractivity contribution in [2.45, 2.75) is 6.42 Å². The van der Waals surface area contributed by atoms with Crippen LogP contribution < -0.4 is 20.7 Å². The van der Waals surface area contributed by atoms with Gasteiger partial charge in [0.1, 0.15) is 23.6 Å². The summed E-state index contributed by atoms with van der Waals surface area (Å²) in [6.07, 6.45) is 5.67. The zero-order chi connectivity index (χ0) is 21.2. The minimum absolute atomic E-state index is 0.152. The van der Waals surface area contributed by atoms with Gasteiger partial charge in [-0.2, -0.15) is 9.97 Å². The lowest BCUT2D eigenvalue weighted by molar-refractivity contribution is 0.439. The zero-order valence-corrected chi connectivity index (χ0v) is 16.9. The number of hydrogen-bond acceptors (Lipinski definition) is 8. The van der Waals surface area contributed by atoms with Gasteiger partial charge < -0.3 is 25.7 Å². The Kier molecular flexibility index (Phi) is 3.82. The minimum Gasteiger partial charge on any atom is -0.421 e. The first kappa shape index (κ1) is 18.3. The average molecular weight is 420 g/mol. The van der Waals surface area contributed by atoms with E-state index in [1.165, 1.54) is 18.5 Å². The van der Waals surface area contributed by atoms with Crippen molar-refractivity contribution >= 4 is 33.4 Å². The van der Waals surface area contributed by atoms with E-state index in [2.05, 4.69) is 30.2 Å². The van der Waals surface area contributed by atoms with Crippen molar-refractivity contribution in [3.63, 3.8) is 0 Å². The Morgan fingerprint density at radius 1 is 1.32 bits per heavy atom. The van der Waals surface area contributed by atoms with Crippen LogP contribution in [0.1, 0.15) is 6.42 Å². The number of aromatic nitrogens is 5. The first-order valence-electron chi connectivity index (χ1n) is 10.2. The largest absolute Gasteiger partial charge is 0.421 e. The van der Waals surface area contributed by atoms with Crippen molar-refractivity contribution in [1.29, 1.82) is 0 Å². The highest BCUT2D eigenvalue weighted by Gasteiger charge is 2.59. The number of rotatable bonds is 5. The Morgan fingerprint density at radius 3 is 2.90 bits per heavy atom. The molecule has 4 aromatic rings. The van der Waals surface area contributed by atoms with Gasteiger partial charge in [-0.25, -0.2) is 14.4 Å². The summed E-state index contributed by atoms with van der Waals surface area (Å²) in [6, 6.07) is 3.15. The molecule has 6 rings (SSSR count). The van der Waals surface area contributed by atoms with E-state index < -0.39 is 0 Å². The lowest BCUT2D eigenvalue weighted by Crippen LogP contribution is -2.29. The molecule has 3 aromatic heterocycles. The SMILES string of the molecule is CNc1cc(F)cc2c1[nH]c1nc(Oc3cncnc3)nc(N3CC4CC4(CN)C3)c12. The normalized spacial score (nSPS) is 22.2. The highest BCUT2D eigenvalue weighted by Crippen LogP contribution is 2.58. The summed E-state index contributed by atoms with van der Waals surface area (Å²) >= 11 is 0. The number of piperidine rings is 1. The highest BCUT2D eigenvalue weighted by atomic mass is 19.1. The standard InChI is InChI=1S/C21H21FN8O/c1-24-15-3-12(22)2-14-16-18(27-17(14)15)28-20(31-13-5-25-10-26-6-13)29-19(16)30-7-11-4-21(11,8-23)9-30/h2-3,5-6,10-11,24H,4,7-9,23H2,1H3,(H,27,28,29). The van der Waals surface area contributed by atoms with Crippen LogP contribution in [-0.2, 0) is 0 Å². The van der Waals surface area contributed by atoms with Crippen LogP contribution >= 0.6 is 0 Å². The smallest absolute Gasteiger partial charge is 0.326 e. The fourth-order valence-electron chi connectivity index (χ4n) is 4.81. The number of benzene rings is 1. The molecule has 4 heterocycles. The molecular formula is C21H21FN8O. The molecular weight excluding hydrogens is 399 g/mol. The first-order chi connectivity index (χ1) is 15.1. The number of nitrogens with one attached hydrogen (secondary N) is 2. The number of ether oxygens (including phenoxy) is 1. The van der Waals surface area contributed by atoms with E-state index in [-0.39, 0.29) is 17.2 Å². The molecule has 2 aliphatic rings. The Morgan fingerprint density at radius 2 is 2.16 bits per heavy atom. The number of halogens is 1. The summed E-state index contributed by atoms with van der Waals surface area (Å²) in [5.74, 6) is 1.39. The molecule has 2 atom stereocenters. The second-order valence-corrected chi connectivity index (χ2v) is 8.33. The second-order valence-electron chi connectivity index (χ2n) is 8.33. The summed E-state index contributed by atoms with van der Waals surface area (Å²) < 4.78 is 20.2. The number of nitrogens with zero attached hydrogens (tertiary/aromatic N) is 5. The Labute approximate surface area is 176 Å². The van der Waals surface area contributed by atoms with Crippen LogP contribution in [0.25, 0.3) is 21.9 Å². The van der Waals surface area contributed by atoms with E-state index in [1.54, 1.807) is 19.4 Å². The topological polar surface area (TPSA) is 118 Å². The molecule has 2 fully saturated rings. The predicted molar refractivity (Wildman–Crippen MR) is 115 cm³/mol. The number of nitrogens with two attached hydrogens (primary N) is 1. The van der Waals surface area contributed by atoms with E-state index in [4.69, 9.17) is 15.5 Å². The van der Waals surface area contributed by atoms with Crippen molar-refractivity contribution < 1.29 is 9.13 Å². The summed E-state index contributed by atoms with van der Waals surface area (Å²) in [5.41, 5.74) is 8.22. The van der Waals surface area contributed by atoms with Crippen LogP contribution in [0.2, 0.25) is 0 Å². The number of anilines is 2. The third-order valence-corrected chi connectivity index (χ3v) is 6.51. The molecule has 1 aromatic carbocycles. The maximum atomic E-state index is 14.4. The molecule has 158 valence electrons. The number of H-pyrrole nitrogens is 1. The molecule has 31 heavy (non-hydrogen) atoms. The van der Waals surface area contributed by atoms with Gasteiger partial charge in [-0.15, -0.1) is 0 Å². The van der Waals surface area contributed by atoms with Crippen molar-refractivity contribution in [2.24, 2.45) is 17.1 Å². The molecule has 1 aliphatic heterocycles.